The Morgan fingerprint density at radius 2 is 0.836 bits per heavy atom. The van der Waals surface area contributed by atoms with Gasteiger partial charge in [-0.3, -0.25) is 63.6 Å². The van der Waals surface area contributed by atoms with E-state index < -0.39 is 0 Å². The Balaban J connectivity index is 1.18. The predicted molar refractivity (Wildman–Crippen MR) is 255 cm³/mol. The van der Waals surface area contributed by atoms with Crippen molar-refractivity contribution in [2.75, 3.05) is 118 Å². The van der Waals surface area contributed by atoms with E-state index in [4.69, 9.17) is 9.47 Å². The number of esters is 2. The van der Waals surface area contributed by atoms with Crippen LogP contribution in [-0.2, 0) is 54.8 Å². The molecule has 362 valence electrons. The highest BCUT2D eigenvalue weighted by Gasteiger charge is 2.22. The van der Waals surface area contributed by atoms with E-state index in [1.54, 1.807) is 38.6 Å². The van der Waals surface area contributed by atoms with Gasteiger partial charge in [0.15, 0.2) is 0 Å². The lowest BCUT2D eigenvalue weighted by Gasteiger charge is -2.33. The van der Waals surface area contributed by atoms with Crippen LogP contribution < -0.4 is 10.6 Å². The van der Waals surface area contributed by atoms with Crippen molar-refractivity contribution in [1.29, 1.82) is 0 Å². The molecule has 67 heavy (non-hydrogen) atoms. The summed E-state index contributed by atoms with van der Waals surface area (Å²) in [6, 6.07) is 23.4. The first kappa shape index (κ1) is 52.2. The molecule has 5 rings (SSSR count). The Hall–Kier alpha value is -5.76. The molecule has 0 saturated carbocycles. The first-order valence-electron chi connectivity index (χ1n) is 23.5. The molecule has 5 heterocycles. The van der Waals surface area contributed by atoms with Gasteiger partial charge in [0, 0.05) is 142 Å². The molecule has 0 radical (unpaired) electrons. The number of nitrogens with one attached hydrogen (secondary N) is 2. The average Bonchev–Trinajstić information content (AvgIpc) is 3.32. The van der Waals surface area contributed by atoms with Gasteiger partial charge in [0.1, 0.15) is 0 Å². The number of aromatic nitrogens is 4. The van der Waals surface area contributed by atoms with Crippen LogP contribution in [0.3, 0.4) is 0 Å². The highest BCUT2D eigenvalue weighted by atomic mass is 16.5. The van der Waals surface area contributed by atoms with E-state index in [9.17, 15) is 19.2 Å². The van der Waals surface area contributed by atoms with E-state index in [1.807, 2.05) is 72.8 Å². The highest BCUT2D eigenvalue weighted by Crippen LogP contribution is 2.09. The molecular weight excluding hydrogens is 853 g/mol. The number of hydrogen-bond donors (Lipinski definition) is 2. The van der Waals surface area contributed by atoms with Crippen molar-refractivity contribution in [3.05, 3.63) is 120 Å². The number of hydrogen-bond acceptors (Lipinski definition) is 16. The number of carbonyl (C=O) groups is 4. The maximum absolute atomic E-state index is 13.6. The molecule has 0 aliphatic carbocycles. The number of amides is 2. The molecule has 2 N–H and O–H groups in total. The fraction of sp³-hybridized carbons (Fsp3) is 0.510. The van der Waals surface area contributed by atoms with Crippen molar-refractivity contribution in [2.24, 2.45) is 0 Å². The van der Waals surface area contributed by atoms with E-state index in [0.29, 0.717) is 111 Å². The monoisotopic (exact) mass is 923 g/mol. The van der Waals surface area contributed by atoms with Gasteiger partial charge < -0.3 is 25.0 Å². The number of nitrogens with zero attached hydrogens (tertiary/aromatic N) is 10. The zero-order valence-corrected chi connectivity index (χ0v) is 39.4. The molecule has 0 aromatic carbocycles. The van der Waals surface area contributed by atoms with Crippen LogP contribution in [0.15, 0.2) is 97.6 Å². The van der Waals surface area contributed by atoms with Crippen molar-refractivity contribution in [3.8, 4) is 0 Å². The van der Waals surface area contributed by atoms with Crippen molar-refractivity contribution < 1.29 is 28.7 Å². The first-order chi connectivity index (χ1) is 32.7. The van der Waals surface area contributed by atoms with Crippen LogP contribution in [0.5, 0.6) is 0 Å². The summed E-state index contributed by atoms with van der Waals surface area (Å²) >= 11 is 0. The number of carbonyl (C=O) groups excluding carboxylic acids is 4. The van der Waals surface area contributed by atoms with E-state index in [2.05, 4.69) is 60.0 Å². The Morgan fingerprint density at radius 1 is 0.493 bits per heavy atom. The second-order valence-corrected chi connectivity index (χ2v) is 16.4. The topological polar surface area (TPSA) is 182 Å². The minimum Gasteiger partial charge on any atom is -0.465 e. The Bertz CT molecular complexity index is 1890. The zero-order chi connectivity index (χ0) is 47.3. The van der Waals surface area contributed by atoms with Crippen molar-refractivity contribution >= 4 is 23.8 Å². The number of ether oxygens (including phenoxy) is 2. The zero-order valence-electron chi connectivity index (χ0n) is 39.4. The molecule has 4 aromatic rings. The van der Waals surface area contributed by atoms with Gasteiger partial charge in [-0.1, -0.05) is 24.3 Å². The summed E-state index contributed by atoms with van der Waals surface area (Å²) in [5, 5.41) is 6.23. The predicted octanol–water partition coefficient (Wildman–Crippen LogP) is 1.94. The molecule has 4 aromatic heterocycles. The van der Waals surface area contributed by atoms with Gasteiger partial charge in [-0.05, 0) is 62.4 Å². The standard InChI is InChI=1S/C49H70N12O6/c1-3-66-48(64)40-58-29-27-56(24-17-46(62)54-22-25-60(35-42-13-5-9-18-50-42)36-43-14-6-10-19-51-43)28-30-59(41-49(65)67-4-2)34-32-57(31-33-58)39-47(63)55-23-26-61(37-44-15-7-11-20-52-44)38-45-16-8-12-21-53-45/h5-16,18-21H,3-4,17,22-41H2,1-2H3,(H,54,62)(H,55,63). The maximum atomic E-state index is 13.6. The third-order valence-corrected chi connectivity index (χ3v) is 11.2. The smallest absolute Gasteiger partial charge is 0.320 e. The van der Waals surface area contributed by atoms with Crippen molar-refractivity contribution in [1.82, 2.24) is 60.0 Å². The van der Waals surface area contributed by atoms with E-state index in [1.165, 1.54) is 0 Å². The van der Waals surface area contributed by atoms with Crippen LogP contribution in [0.4, 0.5) is 0 Å². The van der Waals surface area contributed by atoms with Crippen LogP contribution in [0.1, 0.15) is 43.0 Å². The molecule has 18 nitrogen and oxygen atoms in total. The molecule has 18 heteroatoms. The van der Waals surface area contributed by atoms with Crippen LogP contribution in [-0.4, -0.2) is 191 Å². The summed E-state index contributed by atoms with van der Waals surface area (Å²) in [4.78, 5) is 83.4. The summed E-state index contributed by atoms with van der Waals surface area (Å²) in [6.45, 7) is 13.8. The van der Waals surface area contributed by atoms with Gasteiger partial charge in [0.2, 0.25) is 11.8 Å². The minimum absolute atomic E-state index is 0.0588. The lowest BCUT2D eigenvalue weighted by Crippen LogP contribution is -2.50. The Kier molecular flexibility index (Phi) is 23.8. The van der Waals surface area contributed by atoms with Gasteiger partial charge in [0.05, 0.1) is 55.6 Å². The molecule has 2 amide bonds. The molecule has 1 aliphatic heterocycles. The van der Waals surface area contributed by atoms with Gasteiger partial charge in [-0.25, -0.2) is 0 Å². The summed E-state index contributed by atoms with van der Waals surface area (Å²) < 4.78 is 10.7. The lowest BCUT2D eigenvalue weighted by atomic mass is 10.2. The number of rotatable bonds is 25. The molecule has 0 bridgehead atoms. The van der Waals surface area contributed by atoms with Crippen LogP contribution in [0, 0.1) is 0 Å². The van der Waals surface area contributed by atoms with Gasteiger partial charge in [0.25, 0.3) is 0 Å². The number of pyridine rings is 4. The summed E-state index contributed by atoms with van der Waals surface area (Å²) in [6.07, 6.45) is 7.40. The second-order valence-electron chi connectivity index (χ2n) is 16.4. The molecule has 1 fully saturated rings. The van der Waals surface area contributed by atoms with Crippen LogP contribution in [0.25, 0.3) is 0 Å². The van der Waals surface area contributed by atoms with E-state index in [-0.39, 0.29) is 63.0 Å². The van der Waals surface area contributed by atoms with Crippen molar-refractivity contribution in [2.45, 2.75) is 46.4 Å². The first-order valence-corrected chi connectivity index (χ1v) is 23.5. The molecule has 1 saturated heterocycles. The summed E-state index contributed by atoms with van der Waals surface area (Å²) in [5.74, 6) is -0.801. The van der Waals surface area contributed by atoms with Crippen LogP contribution >= 0.6 is 0 Å². The van der Waals surface area contributed by atoms with Crippen LogP contribution in [0.2, 0.25) is 0 Å². The maximum Gasteiger partial charge on any atom is 0.320 e. The van der Waals surface area contributed by atoms with Gasteiger partial charge in [-0.2, -0.15) is 0 Å². The molecule has 0 unspecified atom stereocenters. The third-order valence-electron chi connectivity index (χ3n) is 11.2. The van der Waals surface area contributed by atoms with Gasteiger partial charge >= 0.3 is 11.9 Å². The SMILES string of the molecule is CCOC(=O)CN1CCN(CCC(=O)NCCN(Cc2ccccn2)Cc2ccccn2)CCN(CC(=O)OCC)CCN(CC(=O)NCCN(Cc2ccccn2)Cc2ccccn2)CC1. The molecule has 1 aliphatic rings. The third kappa shape index (κ3) is 21.6. The quantitative estimate of drug-likeness (QED) is 0.0920. The molecule has 0 spiro atoms. The minimum atomic E-state index is -0.313. The average molecular weight is 923 g/mol. The fourth-order valence-corrected chi connectivity index (χ4v) is 7.68. The Morgan fingerprint density at radius 3 is 1.18 bits per heavy atom. The largest absolute Gasteiger partial charge is 0.465 e. The normalized spacial score (nSPS) is 14.8. The lowest BCUT2D eigenvalue weighted by molar-refractivity contribution is -0.145. The fourth-order valence-electron chi connectivity index (χ4n) is 7.68. The Labute approximate surface area is 396 Å². The molecule has 0 atom stereocenters. The van der Waals surface area contributed by atoms with Gasteiger partial charge in [-0.15, -0.1) is 0 Å². The van der Waals surface area contributed by atoms with E-state index >= 15 is 0 Å². The summed E-state index contributed by atoms with van der Waals surface area (Å²) in [7, 11) is 0. The highest BCUT2D eigenvalue weighted by molar-refractivity contribution is 5.78. The molecular formula is C49H70N12O6. The second kappa shape index (κ2) is 30.5. The van der Waals surface area contributed by atoms with E-state index in [0.717, 1.165) is 22.8 Å². The van der Waals surface area contributed by atoms with Crippen molar-refractivity contribution in [3.63, 3.8) is 0 Å². The summed E-state index contributed by atoms with van der Waals surface area (Å²) in [5.41, 5.74) is 3.74.